The van der Waals surface area contributed by atoms with Crippen LogP contribution in [-0.2, 0) is 22.4 Å². The quantitative estimate of drug-likeness (QED) is 0.333. The summed E-state index contributed by atoms with van der Waals surface area (Å²) in [5.74, 6) is 0.595. The molecule has 0 bridgehead atoms. The highest BCUT2D eigenvalue weighted by molar-refractivity contribution is 7.99. The maximum atomic E-state index is 12.6. The standard InChI is InChI=1S/C23H25N3O5S2/c1-3-29-15-11-9-14(10-12-15)20-25-26-23(31-20)32-13-18(27)24-21-19(22(28)30-4-2)16-7-5-6-8-17(16)33-21/h9-12H,3-8,13H2,1-2H3,(H,24,27). The minimum Gasteiger partial charge on any atom is -0.494 e. The molecule has 0 atom stereocenters. The van der Waals surface area contributed by atoms with E-state index in [0.717, 1.165) is 59.2 Å². The Morgan fingerprint density at radius 1 is 1.12 bits per heavy atom. The fourth-order valence-electron chi connectivity index (χ4n) is 3.61. The highest BCUT2D eigenvalue weighted by Gasteiger charge is 2.27. The van der Waals surface area contributed by atoms with Gasteiger partial charge in [0.15, 0.2) is 0 Å². The molecule has 1 N–H and O–H groups in total. The Hall–Kier alpha value is -2.85. The maximum absolute atomic E-state index is 12.6. The van der Waals surface area contributed by atoms with Gasteiger partial charge in [0.05, 0.1) is 24.5 Å². The number of aromatic nitrogens is 2. The molecule has 0 unspecified atom stereocenters. The summed E-state index contributed by atoms with van der Waals surface area (Å²) in [5, 5.41) is 11.8. The molecule has 0 spiro atoms. The summed E-state index contributed by atoms with van der Waals surface area (Å²) in [7, 11) is 0. The number of carbonyl (C=O) groups is 2. The van der Waals surface area contributed by atoms with Gasteiger partial charge in [0.25, 0.3) is 5.22 Å². The number of hydrogen-bond acceptors (Lipinski definition) is 9. The number of aryl methyl sites for hydroxylation is 1. The normalized spacial score (nSPS) is 12.8. The van der Waals surface area contributed by atoms with Crippen LogP contribution in [0.1, 0.15) is 47.5 Å². The van der Waals surface area contributed by atoms with Crippen LogP contribution in [0.5, 0.6) is 5.75 Å². The largest absolute Gasteiger partial charge is 0.494 e. The highest BCUT2D eigenvalue weighted by atomic mass is 32.2. The van der Waals surface area contributed by atoms with Crippen molar-refractivity contribution in [2.45, 2.75) is 44.8 Å². The van der Waals surface area contributed by atoms with Gasteiger partial charge in [0.2, 0.25) is 11.8 Å². The fraction of sp³-hybridized carbons (Fsp3) is 0.391. The monoisotopic (exact) mass is 487 g/mol. The van der Waals surface area contributed by atoms with Gasteiger partial charge in [-0.1, -0.05) is 11.8 Å². The van der Waals surface area contributed by atoms with E-state index in [9.17, 15) is 9.59 Å². The summed E-state index contributed by atoms with van der Waals surface area (Å²) in [6.45, 7) is 4.59. The van der Waals surface area contributed by atoms with Crippen LogP contribution in [-0.4, -0.2) is 41.0 Å². The average molecular weight is 488 g/mol. The van der Waals surface area contributed by atoms with Crippen LogP contribution in [0.4, 0.5) is 5.00 Å². The van der Waals surface area contributed by atoms with Crippen molar-refractivity contribution in [1.29, 1.82) is 0 Å². The van der Waals surface area contributed by atoms with Gasteiger partial charge in [0.1, 0.15) is 10.8 Å². The molecular formula is C23H25N3O5S2. The Labute approximate surface area is 200 Å². The molecule has 1 aromatic carbocycles. The van der Waals surface area contributed by atoms with Crippen molar-refractivity contribution in [2.75, 3.05) is 24.3 Å². The molecule has 1 aliphatic rings. The smallest absolute Gasteiger partial charge is 0.341 e. The molecule has 3 aromatic rings. The molecule has 1 aliphatic carbocycles. The number of benzene rings is 1. The van der Waals surface area contributed by atoms with E-state index in [1.807, 2.05) is 31.2 Å². The molecule has 2 aromatic heterocycles. The van der Waals surface area contributed by atoms with Crippen molar-refractivity contribution in [1.82, 2.24) is 10.2 Å². The molecule has 2 heterocycles. The van der Waals surface area contributed by atoms with Gasteiger partial charge >= 0.3 is 5.97 Å². The number of nitrogens with one attached hydrogen (secondary N) is 1. The van der Waals surface area contributed by atoms with Crippen molar-refractivity contribution in [3.05, 3.63) is 40.3 Å². The van der Waals surface area contributed by atoms with Crippen molar-refractivity contribution in [3.8, 4) is 17.2 Å². The molecule has 10 heteroatoms. The molecule has 0 aliphatic heterocycles. The SMILES string of the molecule is CCOC(=O)c1c(NC(=O)CSc2nnc(-c3ccc(OCC)cc3)o2)sc2c1CCCC2. The molecule has 0 fully saturated rings. The number of hydrogen-bond donors (Lipinski definition) is 1. The lowest BCUT2D eigenvalue weighted by Crippen LogP contribution is -2.17. The predicted octanol–water partition coefficient (Wildman–Crippen LogP) is 4.98. The number of carbonyl (C=O) groups excluding carboxylic acids is 2. The topological polar surface area (TPSA) is 104 Å². The molecule has 174 valence electrons. The van der Waals surface area contributed by atoms with E-state index in [4.69, 9.17) is 13.9 Å². The van der Waals surface area contributed by atoms with E-state index >= 15 is 0 Å². The van der Waals surface area contributed by atoms with Gasteiger partial charge in [-0.05, 0) is 69.4 Å². The third-order valence-corrected chi connectivity index (χ3v) is 7.07. The second-order valence-electron chi connectivity index (χ2n) is 7.30. The number of fused-ring (bicyclic) bond motifs is 1. The van der Waals surface area contributed by atoms with Crippen LogP contribution in [0.15, 0.2) is 33.9 Å². The van der Waals surface area contributed by atoms with E-state index in [1.54, 1.807) is 6.92 Å². The Morgan fingerprint density at radius 2 is 1.91 bits per heavy atom. The van der Waals surface area contributed by atoms with Gasteiger partial charge in [-0.2, -0.15) is 0 Å². The third kappa shape index (κ3) is 5.56. The lowest BCUT2D eigenvalue weighted by Gasteiger charge is -2.12. The van der Waals surface area contributed by atoms with Gasteiger partial charge in [-0.3, -0.25) is 4.79 Å². The van der Waals surface area contributed by atoms with Crippen LogP contribution < -0.4 is 10.1 Å². The molecule has 0 saturated heterocycles. The Kier molecular flexibility index (Phi) is 7.66. The molecule has 0 radical (unpaired) electrons. The molecule has 1 amide bonds. The zero-order valence-corrected chi connectivity index (χ0v) is 20.1. The number of anilines is 1. The van der Waals surface area contributed by atoms with E-state index in [0.29, 0.717) is 34.9 Å². The zero-order valence-electron chi connectivity index (χ0n) is 18.5. The first kappa shape index (κ1) is 23.3. The van der Waals surface area contributed by atoms with Crippen LogP contribution in [0.3, 0.4) is 0 Å². The molecule has 33 heavy (non-hydrogen) atoms. The van der Waals surface area contributed by atoms with Gasteiger partial charge in [-0.15, -0.1) is 21.5 Å². The van der Waals surface area contributed by atoms with Gasteiger partial charge in [-0.25, -0.2) is 4.79 Å². The summed E-state index contributed by atoms with van der Waals surface area (Å²) in [6, 6.07) is 7.36. The van der Waals surface area contributed by atoms with E-state index in [-0.39, 0.29) is 17.6 Å². The Balaban J connectivity index is 1.39. The first-order chi connectivity index (χ1) is 16.1. The van der Waals surface area contributed by atoms with Crippen molar-refractivity contribution in [2.24, 2.45) is 0 Å². The second kappa shape index (κ2) is 10.8. The molecule has 8 nitrogen and oxygen atoms in total. The van der Waals surface area contributed by atoms with Crippen LogP contribution in [0.2, 0.25) is 0 Å². The highest BCUT2D eigenvalue weighted by Crippen LogP contribution is 2.38. The van der Waals surface area contributed by atoms with Gasteiger partial charge in [0, 0.05) is 10.4 Å². The first-order valence-electron chi connectivity index (χ1n) is 10.9. The first-order valence-corrected chi connectivity index (χ1v) is 12.7. The number of thioether (sulfide) groups is 1. The lowest BCUT2D eigenvalue weighted by atomic mass is 9.95. The fourth-order valence-corrected chi connectivity index (χ4v) is 5.47. The number of thiophene rings is 1. The number of nitrogens with zero attached hydrogens (tertiary/aromatic N) is 2. The van der Waals surface area contributed by atoms with Crippen molar-refractivity contribution < 1.29 is 23.5 Å². The van der Waals surface area contributed by atoms with Crippen LogP contribution in [0, 0.1) is 0 Å². The van der Waals surface area contributed by atoms with Crippen LogP contribution in [0.25, 0.3) is 11.5 Å². The van der Waals surface area contributed by atoms with E-state index in [2.05, 4.69) is 15.5 Å². The second-order valence-corrected chi connectivity index (χ2v) is 9.33. The van der Waals surface area contributed by atoms with E-state index in [1.165, 1.54) is 11.3 Å². The zero-order chi connectivity index (χ0) is 23.2. The summed E-state index contributed by atoms with van der Waals surface area (Å²) in [5.41, 5.74) is 2.29. The number of ether oxygens (including phenoxy) is 2. The average Bonchev–Trinajstić information content (AvgIpc) is 3.43. The van der Waals surface area contributed by atoms with Gasteiger partial charge < -0.3 is 19.2 Å². The molecule has 4 rings (SSSR count). The maximum Gasteiger partial charge on any atom is 0.341 e. The Bertz CT molecular complexity index is 1120. The third-order valence-electron chi connectivity index (χ3n) is 5.05. The summed E-state index contributed by atoms with van der Waals surface area (Å²) >= 11 is 2.61. The van der Waals surface area contributed by atoms with Crippen LogP contribution >= 0.6 is 23.1 Å². The summed E-state index contributed by atoms with van der Waals surface area (Å²) in [4.78, 5) is 26.3. The molecule has 0 saturated carbocycles. The minimum absolute atomic E-state index is 0.0791. The predicted molar refractivity (Wildman–Crippen MR) is 127 cm³/mol. The summed E-state index contributed by atoms with van der Waals surface area (Å²) < 4.78 is 16.4. The van der Waals surface area contributed by atoms with Crippen molar-refractivity contribution >= 4 is 40.0 Å². The minimum atomic E-state index is -0.378. The number of esters is 1. The number of amides is 1. The van der Waals surface area contributed by atoms with Crippen molar-refractivity contribution in [3.63, 3.8) is 0 Å². The van der Waals surface area contributed by atoms with E-state index < -0.39 is 0 Å². The lowest BCUT2D eigenvalue weighted by molar-refractivity contribution is -0.113. The number of rotatable bonds is 9. The molecular weight excluding hydrogens is 462 g/mol. The summed E-state index contributed by atoms with van der Waals surface area (Å²) in [6.07, 6.45) is 3.88. The Morgan fingerprint density at radius 3 is 2.67 bits per heavy atom.